The first kappa shape index (κ1) is 15.2. The molecule has 0 aliphatic carbocycles. The maximum atomic E-state index is 10.2. The molecule has 1 unspecified atom stereocenters. The van der Waals surface area contributed by atoms with Crippen LogP contribution in [0.4, 0.5) is 0 Å². The second-order valence-corrected chi connectivity index (χ2v) is 5.28. The van der Waals surface area contributed by atoms with E-state index in [1.165, 1.54) is 31.2 Å². The molecule has 0 aliphatic heterocycles. The molecule has 0 amide bonds. The van der Waals surface area contributed by atoms with Crippen LogP contribution in [0, 0.1) is 5.92 Å². The van der Waals surface area contributed by atoms with Crippen molar-refractivity contribution < 1.29 is 5.11 Å². The first-order valence-electron chi connectivity index (χ1n) is 7.49. The zero-order valence-electron chi connectivity index (χ0n) is 11.9. The Kier molecular flexibility index (Phi) is 7.75. The van der Waals surface area contributed by atoms with E-state index < -0.39 is 0 Å². The van der Waals surface area contributed by atoms with Gasteiger partial charge in [-0.25, -0.2) is 0 Å². The van der Waals surface area contributed by atoms with Gasteiger partial charge in [0.25, 0.3) is 0 Å². The van der Waals surface area contributed by atoms with E-state index in [4.69, 9.17) is 0 Å². The van der Waals surface area contributed by atoms with E-state index in [-0.39, 0.29) is 6.10 Å². The number of benzene rings is 1. The third-order valence-electron chi connectivity index (χ3n) is 3.67. The summed E-state index contributed by atoms with van der Waals surface area (Å²) in [5, 5.41) is 10.2. The monoisotopic (exact) mass is 248 g/mol. The number of hydrogen-bond donors (Lipinski definition) is 1. The Hall–Kier alpha value is -0.820. The van der Waals surface area contributed by atoms with Crippen LogP contribution in [0.2, 0.25) is 0 Å². The van der Waals surface area contributed by atoms with Crippen molar-refractivity contribution in [1.82, 2.24) is 0 Å². The molecule has 0 heterocycles. The maximum Gasteiger partial charge on any atom is 0.0568 e. The maximum absolute atomic E-state index is 10.2. The van der Waals surface area contributed by atoms with Crippen LogP contribution in [0.3, 0.4) is 0 Å². The molecule has 18 heavy (non-hydrogen) atoms. The van der Waals surface area contributed by atoms with Crippen molar-refractivity contribution in [3.63, 3.8) is 0 Å². The van der Waals surface area contributed by atoms with Crippen molar-refractivity contribution >= 4 is 0 Å². The van der Waals surface area contributed by atoms with Crippen LogP contribution in [-0.2, 0) is 6.42 Å². The fraction of sp³-hybridized carbons (Fsp3) is 0.647. The lowest BCUT2D eigenvalue weighted by molar-refractivity contribution is 0.0861. The highest BCUT2D eigenvalue weighted by Gasteiger charge is 2.16. The van der Waals surface area contributed by atoms with Gasteiger partial charge in [-0.15, -0.1) is 0 Å². The summed E-state index contributed by atoms with van der Waals surface area (Å²) in [5.41, 5.74) is 1.38. The second kappa shape index (κ2) is 9.16. The molecule has 0 saturated carbocycles. The minimum atomic E-state index is -0.103. The Morgan fingerprint density at radius 3 is 2.11 bits per heavy atom. The largest absolute Gasteiger partial charge is 0.393 e. The fourth-order valence-electron chi connectivity index (χ4n) is 2.67. The van der Waals surface area contributed by atoms with Gasteiger partial charge in [0, 0.05) is 0 Å². The molecule has 1 heteroatoms. The minimum absolute atomic E-state index is 0.103. The van der Waals surface area contributed by atoms with Gasteiger partial charge in [-0.3, -0.25) is 0 Å². The van der Waals surface area contributed by atoms with E-state index in [9.17, 15) is 5.11 Å². The first-order valence-corrected chi connectivity index (χ1v) is 7.49. The predicted molar refractivity (Wildman–Crippen MR) is 78.7 cm³/mol. The van der Waals surface area contributed by atoms with Gasteiger partial charge in [-0.2, -0.15) is 0 Å². The summed E-state index contributed by atoms with van der Waals surface area (Å²) in [6.45, 7) is 4.42. The number of rotatable bonds is 9. The Morgan fingerprint density at radius 1 is 0.944 bits per heavy atom. The summed E-state index contributed by atoms with van der Waals surface area (Å²) >= 11 is 0. The van der Waals surface area contributed by atoms with Gasteiger partial charge in [-0.1, -0.05) is 57.0 Å². The molecule has 1 atom stereocenters. The van der Waals surface area contributed by atoms with Crippen molar-refractivity contribution in [3.05, 3.63) is 35.9 Å². The molecule has 0 saturated heterocycles. The van der Waals surface area contributed by atoms with Gasteiger partial charge in [-0.05, 0) is 43.6 Å². The molecule has 0 bridgehead atoms. The highest BCUT2D eigenvalue weighted by molar-refractivity contribution is 5.14. The average Bonchev–Trinajstić information content (AvgIpc) is 2.39. The van der Waals surface area contributed by atoms with Crippen LogP contribution in [0.15, 0.2) is 30.3 Å². The summed E-state index contributed by atoms with van der Waals surface area (Å²) in [5.74, 6) is 0.510. The molecule has 0 radical (unpaired) electrons. The lowest BCUT2D eigenvalue weighted by Crippen LogP contribution is -2.20. The molecule has 0 spiro atoms. The zero-order chi connectivity index (χ0) is 13.2. The number of hydrogen-bond acceptors (Lipinski definition) is 1. The van der Waals surface area contributed by atoms with Crippen LogP contribution in [-0.4, -0.2) is 11.2 Å². The van der Waals surface area contributed by atoms with Crippen molar-refractivity contribution in [2.75, 3.05) is 0 Å². The molecule has 1 aromatic carbocycles. The van der Waals surface area contributed by atoms with Gasteiger partial charge in [0.1, 0.15) is 0 Å². The van der Waals surface area contributed by atoms with E-state index in [0.29, 0.717) is 5.92 Å². The predicted octanol–water partition coefficient (Wildman–Crippen LogP) is 4.59. The summed E-state index contributed by atoms with van der Waals surface area (Å²) < 4.78 is 0. The summed E-state index contributed by atoms with van der Waals surface area (Å²) in [6, 6.07) is 10.6. The van der Waals surface area contributed by atoms with Crippen LogP contribution < -0.4 is 0 Å². The highest BCUT2D eigenvalue weighted by Crippen LogP contribution is 2.21. The standard InChI is InChI=1S/C17H28O/c1-3-9-16(10-4-2)17(18)14-8-13-15-11-6-5-7-12-15/h5-7,11-12,16-18H,3-4,8-10,13-14H2,1-2H3. The van der Waals surface area contributed by atoms with E-state index in [2.05, 4.69) is 44.2 Å². The van der Waals surface area contributed by atoms with Crippen LogP contribution in [0.5, 0.6) is 0 Å². The molecule has 102 valence electrons. The quantitative estimate of drug-likeness (QED) is 0.678. The van der Waals surface area contributed by atoms with Gasteiger partial charge in [0.05, 0.1) is 6.10 Å². The number of aliphatic hydroxyl groups is 1. The SMILES string of the molecule is CCCC(CCC)C(O)CCCc1ccccc1. The molecule has 1 aromatic rings. The third-order valence-corrected chi connectivity index (χ3v) is 3.67. The zero-order valence-corrected chi connectivity index (χ0v) is 11.9. The average molecular weight is 248 g/mol. The molecule has 0 aromatic heterocycles. The van der Waals surface area contributed by atoms with Crippen LogP contribution >= 0.6 is 0 Å². The first-order chi connectivity index (χ1) is 8.77. The Bertz CT molecular complexity index is 288. The van der Waals surface area contributed by atoms with Crippen molar-refractivity contribution in [2.45, 2.75) is 64.9 Å². The summed E-state index contributed by atoms with van der Waals surface area (Å²) in [4.78, 5) is 0. The molecule has 0 aliphatic rings. The van der Waals surface area contributed by atoms with Gasteiger partial charge >= 0.3 is 0 Å². The van der Waals surface area contributed by atoms with Gasteiger partial charge < -0.3 is 5.11 Å². The minimum Gasteiger partial charge on any atom is -0.393 e. The lowest BCUT2D eigenvalue weighted by atomic mass is 9.89. The Labute approximate surface area is 112 Å². The molecule has 0 fully saturated rings. The molecule has 1 nitrogen and oxygen atoms in total. The molecular weight excluding hydrogens is 220 g/mol. The number of aryl methyl sites for hydroxylation is 1. The topological polar surface area (TPSA) is 20.2 Å². The van der Waals surface area contributed by atoms with Gasteiger partial charge in [0.15, 0.2) is 0 Å². The molecular formula is C17H28O. The van der Waals surface area contributed by atoms with Crippen LogP contribution in [0.25, 0.3) is 0 Å². The fourth-order valence-corrected chi connectivity index (χ4v) is 2.67. The Balaban J connectivity index is 2.28. The van der Waals surface area contributed by atoms with Crippen molar-refractivity contribution in [1.29, 1.82) is 0 Å². The normalized spacial score (nSPS) is 12.9. The molecule has 1 N–H and O–H groups in total. The van der Waals surface area contributed by atoms with Crippen molar-refractivity contribution in [3.8, 4) is 0 Å². The Morgan fingerprint density at radius 2 is 1.56 bits per heavy atom. The van der Waals surface area contributed by atoms with E-state index >= 15 is 0 Å². The number of aliphatic hydroxyl groups excluding tert-OH is 1. The van der Waals surface area contributed by atoms with E-state index in [0.717, 1.165) is 19.3 Å². The highest BCUT2D eigenvalue weighted by atomic mass is 16.3. The summed E-state index contributed by atoms with van der Waals surface area (Å²) in [6.07, 6.45) is 7.72. The lowest BCUT2D eigenvalue weighted by Gasteiger charge is -2.22. The smallest absolute Gasteiger partial charge is 0.0568 e. The van der Waals surface area contributed by atoms with Gasteiger partial charge in [0.2, 0.25) is 0 Å². The third kappa shape index (κ3) is 5.68. The summed E-state index contributed by atoms with van der Waals surface area (Å²) in [7, 11) is 0. The molecule has 1 rings (SSSR count). The van der Waals surface area contributed by atoms with E-state index in [1.807, 2.05) is 0 Å². The second-order valence-electron chi connectivity index (χ2n) is 5.28. The van der Waals surface area contributed by atoms with E-state index in [1.54, 1.807) is 0 Å². The van der Waals surface area contributed by atoms with Crippen LogP contribution in [0.1, 0.15) is 57.9 Å². The van der Waals surface area contributed by atoms with Crippen molar-refractivity contribution in [2.24, 2.45) is 5.92 Å².